The standard InChI is InChI=1S/C10H17NO2/c12-10(8-3-1-4-8)13-9-5-2-6-11-7-9/h8-9,11H,1-7H2. The lowest BCUT2D eigenvalue weighted by molar-refractivity contribution is -0.157. The number of rotatable bonds is 2. The lowest BCUT2D eigenvalue weighted by Crippen LogP contribution is -2.38. The molecule has 1 saturated heterocycles. The number of hydrogen-bond acceptors (Lipinski definition) is 3. The Kier molecular flexibility index (Phi) is 2.83. The van der Waals surface area contributed by atoms with Crippen molar-refractivity contribution in [1.82, 2.24) is 5.32 Å². The molecule has 0 spiro atoms. The van der Waals surface area contributed by atoms with E-state index in [-0.39, 0.29) is 18.0 Å². The highest BCUT2D eigenvalue weighted by Crippen LogP contribution is 2.28. The zero-order valence-electron chi connectivity index (χ0n) is 7.92. The van der Waals surface area contributed by atoms with Gasteiger partial charge in [-0.05, 0) is 32.2 Å². The van der Waals surface area contributed by atoms with Gasteiger partial charge in [0.05, 0.1) is 5.92 Å². The van der Waals surface area contributed by atoms with Crippen molar-refractivity contribution >= 4 is 5.97 Å². The molecule has 0 aromatic rings. The van der Waals surface area contributed by atoms with Gasteiger partial charge >= 0.3 is 5.97 Å². The van der Waals surface area contributed by atoms with Gasteiger partial charge in [-0.15, -0.1) is 0 Å². The van der Waals surface area contributed by atoms with Crippen molar-refractivity contribution in [1.29, 1.82) is 0 Å². The van der Waals surface area contributed by atoms with Gasteiger partial charge in [-0.3, -0.25) is 4.79 Å². The maximum Gasteiger partial charge on any atom is 0.309 e. The molecule has 2 fully saturated rings. The van der Waals surface area contributed by atoms with E-state index in [9.17, 15) is 4.79 Å². The van der Waals surface area contributed by atoms with Crippen LogP contribution in [0.5, 0.6) is 0 Å². The van der Waals surface area contributed by atoms with E-state index in [2.05, 4.69) is 5.32 Å². The number of ether oxygens (including phenoxy) is 1. The summed E-state index contributed by atoms with van der Waals surface area (Å²) in [4.78, 5) is 11.4. The summed E-state index contributed by atoms with van der Waals surface area (Å²) in [5.41, 5.74) is 0. The van der Waals surface area contributed by atoms with E-state index < -0.39 is 0 Å². The van der Waals surface area contributed by atoms with Gasteiger partial charge in [0.1, 0.15) is 6.10 Å². The SMILES string of the molecule is O=C(OC1CCCNC1)C1CCC1. The summed E-state index contributed by atoms with van der Waals surface area (Å²) in [6.45, 7) is 1.91. The number of hydrogen-bond donors (Lipinski definition) is 1. The minimum atomic E-state index is 0.0416. The maximum absolute atomic E-state index is 11.4. The first-order chi connectivity index (χ1) is 6.36. The van der Waals surface area contributed by atoms with Crippen LogP contribution in [0.2, 0.25) is 0 Å². The van der Waals surface area contributed by atoms with Gasteiger partial charge in [-0.25, -0.2) is 0 Å². The van der Waals surface area contributed by atoms with E-state index in [0.29, 0.717) is 0 Å². The zero-order chi connectivity index (χ0) is 9.10. The van der Waals surface area contributed by atoms with Crippen molar-refractivity contribution in [3.05, 3.63) is 0 Å². The van der Waals surface area contributed by atoms with E-state index in [4.69, 9.17) is 4.74 Å². The third kappa shape index (κ3) is 2.21. The van der Waals surface area contributed by atoms with E-state index >= 15 is 0 Å². The second-order valence-corrected chi connectivity index (χ2v) is 4.03. The normalized spacial score (nSPS) is 29.4. The Balaban J connectivity index is 1.72. The van der Waals surface area contributed by atoms with Gasteiger partial charge < -0.3 is 10.1 Å². The summed E-state index contributed by atoms with van der Waals surface area (Å²) in [7, 11) is 0. The molecule has 1 aliphatic heterocycles. The third-order valence-electron chi connectivity index (χ3n) is 2.97. The second kappa shape index (κ2) is 4.09. The number of nitrogens with one attached hydrogen (secondary N) is 1. The van der Waals surface area contributed by atoms with Crippen LogP contribution >= 0.6 is 0 Å². The highest BCUT2D eigenvalue weighted by Gasteiger charge is 2.29. The van der Waals surface area contributed by atoms with Crippen molar-refractivity contribution in [2.45, 2.75) is 38.2 Å². The topological polar surface area (TPSA) is 38.3 Å². The average Bonchev–Trinajstić information content (AvgIpc) is 2.02. The van der Waals surface area contributed by atoms with E-state index in [1.54, 1.807) is 0 Å². The molecule has 2 aliphatic rings. The first-order valence-corrected chi connectivity index (χ1v) is 5.27. The predicted octanol–water partition coefficient (Wildman–Crippen LogP) is 1.08. The Labute approximate surface area is 78.8 Å². The molecule has 3 nitrogen and oxygen atoms in total. The summed E-state index contributed by atoms with van der Waals surface area (Å²) in [5, 5.41) is 3.24. The predicted molar refractivity (Wildman–Crippen MR) is 49.3 cm³/mol. The summed E-state index contributed by atoms with van der Waals surface area (Å²) < 4.78 is 5.39. The van der Waals surface area contributed by atoms with Crippen LogP contribution in [0.25, 0.3) is 0 Å². The highest BCUT2D eigenvalue weighted by atomic mass is 16.5. The Morgan fingerprint density at radius 2 is 2.08 bits per heavy atom. The molecule has 1 heterocycles. The van der Waals surface area contributed by atoms with Gasteiger partial charge in [0, 0.05) is 6.54 Å². The molecular weight excluding hydrogens is 166 g/mol. The quantitative estimate of drug-likeness (QED) is 0.651. The van der Waals surface area contributed by atoms with Crippen LogP contribution < -0.4 is 5.32 Å². The highest BCUT2D eigenvalue weighted by molar-refractivity contribution is 5.73. The number of carbonyl (C=O) groups is 1. The van der Waals surface area contributed by atoms with Crippen LogP contribution in [0, 0.1) is 5.92 Å². The fourth-order valence-corrected chi connectivity index (χ4v) is 1.82. The van der Waals surface area contributed by atoms with Crippen molar-refractivity contribution in [2.24, 2.45) is 5.92 Å². The Morgan fingerprint density at radius 3 is 2.62 bits per heavy atom. The molecule has 74 valence electrons. The van der Waals surface area contributed by atoms with Crippen LogP contribution in [-0.2, 0) is 9.53 Å². The molecule has 0 aromatic heterocycles. The third-order valence-corrected chi connectivity index (χ3v) is 2.97. The molecule has 0 bridgehead atoms. The molecule has 13 heavy (non-hydrogen) atoms. The number of esters is 1. The van der Waals surface area contributed by atoms with Crippen molar-refractivity contribution in [2.75, 3.05) is 13.1 Å². The van der Waals surface area contributed by atoms with E-state index in [0.717, 1.165) is 38.8 Å². The fourth-order valence-electron chi connectivity index (χ4n) is 1.82. The van der Waals surface area contributed by atoms with Crippen molar-refractivity contribution in [3.63, 3.8) is 0 Å². The largest absolute Gasteiger partial charge is 0.461 e. The maximum atomic E-state index is 11.4. The lowest BCUT2D eigenvalue weighted by Gasteiger charge is -2.28. The molecule has 0 amide bonds. The van der Waals surface area contributed by atoms with Gasteiger partial charge in [0.25, 0.3) is 0 Å². The molecule has 1 aliphatic carbocycles. The lowest BCUT2D eigenvalue weighted by atomic mass is 9.85. The zero-order valence-corrected chi connectivity index (χ0v) is 7.92. The van der Waals surface area contributed by atoms with Gasteiger partial charge in [0.15, 0.2) is 0 Å². The van der Waals surface area contributed by atoms with Gasteiger partial charge in [0.2, 0.25) is 0 Å². The summed E-state index contributed by atoms with van der Waals surface area (Å²) in [6, 6.07) is 0. The second-order valence-electron chi connectivity index (χ2n) is 4.03. The molecule has 3 heteroatoms. The molecule has 0 radical (unpaired) electrons. The minimum absolute atomic E-state index is 0.0416. The minimum Gasteiger partial charge on any atom is -0.461 e. The average molecular weight is 183 g/mol. The molecule has 2 rings (SSSR count). The van der Waals surface area contributed by atoms with Crippen LogP contribution in [0.3, 0.4) is 0 Å². The van der Waals surface area contributed by atoms with Crippen molar-refractivity contribution < 1.29 is 9.53 Å². The monoisotopic (exact) mass is 183 g/mol. The fraction of sp³-hybridized carbons (Fsp3) is 0.900. The molecule has 0 aromatic carbocycles. The molecule has 1 atom stereocenters. The molecule has 1 unspecified atom stereocenters. The van der Waals surface area contributed by atoms with Crippen molar-refractivity contribution in [3.8, 4) is 0 Å². The summed E-state index contributed by atoms with van der Waals surface area (Å²) >= 11 is 0. The van der Waals surface area contributed by atoms with Gasteiger partial charge in [-0.1, -0.05) is 6.42 Å². The molecule has 1 saturated carbocycles. The smallest absolute Gasteiger partial charge is 0.309 e. The van der Waals surface area contributed by atoms with E-state index in [1.807, 2.05) is 0 Å². The summed E-state index contributed by atoms with van der Waals surface area (Å²) in [6.07, 6.45) is 5.58. The number of carbonyl (C=O) groups excluding carboxylic acids is 1. The van der Waals surface area contributed by atoms with Gasteiger partial charge in [-0.2, -0.15) is 0 Å². The van der Waals surface area contributed by atoms with Crippen LogP contribution in [0.15, 0.2) is 0 Å². The Bertz CT molecular complexity index is 183. The van der Waals surface area contributed by atoms with Crippen LogP contribution in [0.4, 0.5) is 0 Å². The molecule has 1 N–H and O–H groups in total. The van der Waals surface area contributed by atoms with Crippen LogP contribution in [0.1, 0.15) is 32.1 Å². The Morgan fingerprint density at radius 1 is 1.23 bits per heavy atom. The first-order valence-electron chi connectivity index (χ1n) is 5.27. The van der Waals surface area contributed by atoms with Crippen LogP contribution in [-0.4, -0.2) is 25.2 Å². The molecular formula is C10H17NO2. The number of piperidine rings is 1. The summed E-state index contributed by atoms with van der Waals surface area (Å²) in [5.74, 6) is 0.266. The first kappa shape index (κ1) is 9.00. The Hall–Kier alpha value is -0.570. The van der Waals surface area contributed by atoms with E-state index in [1.165, 1.54) is 6.42 Å².